The number of primary amides is 1. The van der Waals surface area contributed by atoms with Crippen LogP contribution in [-0.4, -0.2) is 30.1 Å². The van der Waals surface area contributed by atoms with Gasteiger partial charge in [-0.3, -0.25) is 4.79 Å². The van der Waals surface area contributed by atoms with Crippen LogP contribution in [0.4, 0.5) is 5.69 Å². The maximum Gasteiger partial charge on any atom is 0.243 e. The number of carbonyl (C=O) groups excluding carboxylic acids is 1. The Hall–Kier alpha value is -1.36. The summed E-state index contributed by atoms with van der Waals surface area (Å²) in [6.07, 6.45) is 1.79. The van der Waals surface area contributed by atoms with Crippen molar-refractivity contribution in [1.82, 2.24) is 0 Å². The van der Waals surface area contributed by atoms with Crippen molar-refractivity contribution in [1.29, 1.82) is 0 Å². The van der Waals surface area contributed by atoms with Crippen molar-refractivity contribution in [2.75, 3.05) is 23.9 Å². The Bertz CT molecular complexity index is 431. The summed E-state index contributed by atoms with van der Waals surface area (Å²) >= 11 is 1.76. The van der Waals surface area contributed by atoms with Gasteiger partial charge in [0, 0.05) is 17.5 Å². The number of hydrogen-bond acceptors (Lipinski definition) is 4. The minimum Gasteiger partial charge on any atom is -0.497 e. The number of thioether (sulfide) groups is 1. The molecule has 1 aromatic rings. The molecular weight excluding hydrogens is 248 g/mol. The molecular formula is C13H18N2O2S. The molecule has 0 aromatic heterocycles. The van der Waals surface area contributed by atoms with E-state index in [2.05, 4.69) is 5.32 Å². The smallest absolute Gasteiger partial charge is 0.243 e. The van der Waals surface area contributed by atoms with Gasteiger partial charge in [-0.2, -0.15) is 11.8 Å². The number of rotatable bonds is 4. The Kier molecular flexibility index (Phi) is 4.01. The fraction of sp³-hybridized carbons (Fsp3) is 0.462. The van der Waals surface area contributed by atoms with Crippen molar-refractivity contribution in [3.8, 4) is 5.75 Å². The predicted octanol–water partition coefficient (Wildman–Crippen LogP) is 1.86. The van der Waals surface area contributed by atoms with E-state index in [9.17, 15) is 4.79 Å². The van der Waals surface area contributed by atoms with Crippen LogP contribution in [0.5, 0.6) is 5.75 Å². The second kappa shape index (κ2) is 5.52. The number of ether oxygens (including phenoxy) is 1. The average Bonchev–Trinajstić information content (AvgIpc) is 2.40. The zero-order valence-corrected chi connectivity index (χ0v) is 11.3. The van der Waals surface area contributed by atoms with E-state index in [0.717, 1.165) is 35.8 Å². The molecule has 98 valence electrons. The molecule has 1 saturated heterocycles. The molecule has 1 fully saturated rings. The summed E-state index contributed by atoms with van der Waals surface area (Å²) in [6, 6.07) is 7.57. The second-order valence-corrected chi connectivity index (χ2v) is 5.56. The van der Waals surface area contributed by atoms with Gasteiger partial charge >= 0.3 is 0 Å². The molecule has 1 aliphatic rings. The lowest BCUT2D eigenvalue weighted by Crippen LogP contribution is -2.54. The molecule has 0 bridgehead atoms. The normalized spacial score (nSPS) is 23.4. The molecule has 1 heterocycles. The standard InChI is InChI=1S/C13H18N2O2S/c1-17-11-5-2-4-10(8-11)15-13(12(14)16)6-3-7-18-9-13/h2,4-5,8,15H,3,6-7,9H2,1H3,(H2,14,16). The third-order valence-electron chi connectivity index (χ3n) is 3.17. The summed E-state index contributed by atoms with van der Waals surface area (Å²) in [5.41, 5.74) is 5.82. The molecule has 4 nitrogen and oxygen atoms in total. The van der Waals surface area contributed by atoms with Crippen molar-refractivity contribution >= 4 is 23.4 Å². The maximum atomic E-state index is 11.8. The molecule has 1 amide bonds. The minimum absolute atomic E-state index is 0.280. The highest BCUT2D eigenvalue weighted by atomic mass is 32.2. The number of amides is 1. The van der Waals surface area contributed by atoms with Gasteiger partial charge in [-0.25, -0.2) is 0 Å². The van der Waals surface area contributed by atoms with Crippen LogP contribution >= 0.6 is 11.8 Å². The van der Waals surface area contributed by atoms with Gasteiger partial charge in [0.25, 0.3) is 0 Å². The largest absolute Gasteiger partial charge is 0.497 e. The summed E-state index contributed by atoms with van der Waals surface area (Å²) in [6.45, 7) is 0. The highest BCUT2D eigenvalue weighted by Crippen LogP contribution is 2.31. The van der Waals surface area contributed by atoms with E-state index in [-0.39, 0.29) is 5.91 Å². The summed E-state index contributed by atoms with van der Waals surface area (Å²) < 4.78 is 5.18. The first-order valence-corrected chi connectivity index (χ1v) is 7.12. The van der Waals surface area contributed by atoms with Gasteiger partial charge in [0.05, 0.1) is 7.11 Å². The van der Waals surface area contributed by atoms with E-state index in [0.29, 0.717) is 0 Å². The molecule has 3 N–H and O–H groups in total. The molecule has 0 saturated carbocycles. The number of methoxy groups -OCH3 is 1. The van der Waals surface area contributed by atoms with Crippen LogP contribution < -0.4 is 15.8 Å². The monoisotopic (exact) mass is 266 g/mol. The first kappa shape index (κ1) is 13.1. The van der Waals surface area contributed by atoms with Crippen LogP contribution in [0.25, 0.3) is 0 Å². The fourth-order valence-corrected chi connectivity index (χ4v) is 3.33. The summed E-state index contributed by atoms with van der Waals surface area (Å²) in [7, 11) is 1.62. The van der Waals surface area contributed by atoms with E-state index in [1.807, 2.05) is 24.3 Å². The van der Waals surface area contributed by atoms with E-state index < -0.39 is 5.54 Å². The van der Waals surface area contributed by atoms with Crippen molar-refractivity contribution in [2.24, 2.45) is 5.73 Å². The second-order valence-electron chi connectivity index (χ2n) is 4.46. The first-order valence-electron chi connectivity index (χ1n) is 5.96. The Balaban J connectivity index is 2.20. The van der Waals surface area contributed by atoms with Gasteiger partial charge < -0.3 is 15.8 Å². The van der Waals surface area contributed by atoms with Crippen molar-refractivity contribution in [2.45, 2.75) is 18.4 Å². The van der Waals surface area contributed by atoms with Crippen LogP contribution in [0.1, 0.15) is 12.8 Å². The molecule has 0 radical (unpaired) electrons. The quantitative estimate of drug-likeness (QED) is 0.873. The highest BCUT2D eigenvalue weighted by Gasteiger charge is 2.38. The molecule has 1 atom stereocenters. The molecule has 0 aliphatic carbocycles. The van der Waals surface area contributed by atoms with Crippen LogP contribution in [0.3, 0.4) is 0 Å². The number of carbonyl (C=O) groups is 1. The maximum absolute atomic E-state index is 11.8. The lowest BCUT2D eigenvalue weighted by molar-refractivity contribution is -0.121. The van der Waals surface area contributed by atoms with Crippen LogP contribution in [0.15, 0.2) is 24.3 Å². The summed E-state index contributed by atoms with van der Waals surface area (Å²) in [4.78, 5) is 11.8. The minimum atomic E-state index is -0.630. The van der Waals surface area contributed by atoms with Crippen LogP contribution in [-0.2, 0) is 4.79 Å². The molecule has 5 heteroatoms. The van der Waals surface area contributed by atoms with Gasteiger partial charge in [-0.05, 0) is 30.7 Å². The Morgan fingerprint density at radius 3 is 3.00 bits per heavy atom. The number of anilines is 1. The lowest BCUT2D eigenvalue weighted by Gasteiger charge is -2.35. The third-order valence-corrected chi connectivity index (χ3v) is 4.44. The molecule has 1 aromatic carbocycles. The zero-order valence-electron chi connectivity index (χ0n) is 10.4. The van der Waals surface area contributed by atoms with Crippen LogP contribution in [0.2, 0.25) is 0 Å². The lowest BCUT2D eigenvalue weighted by atomic mass is 9.94. The molecule has 2 rings (SSSR count). The fourth-order valence-electron chi connectivity index (χ4n) is 2.13. The zero-order chi connectivity index (χ0) is 13.0. The van der Waals surface area contributed by atoms with Gasteiger partial charge in [0.1, 0.15) is 11.3 Å². The highest BCUT2D eigenvalue weighted by molar-refractivity contribution is 7.99. The van der Waals surface area contributed by atoms with Crippen molar-refractivity contribution in [3.63, 3.8) is 0 Å². The van der Waals surface area contributed by atoms with Crippen molar-refractivity contribution < 1.29 is 9.53 Å². The van der Waals surface area contributed by atoms with Gasteiger partial charge in [0.15, 0.2) is 0 Å². The predicted molar refractivity (Wildman–Crippen MR) is 75.1 cm³/mol. The van der Waals surface area contributed by atoms with E-state index in [4.69, 9.17) is 10.5 Å². The molecule has 1 unspecified atom stereocenters. The van der Waals surface area contributed by atoms with Gasteiger partial charge in [0.2, 0.25) is 5.91 Å². The first-order chi connectivity index (χ1) is 8.66. The Morgan fingerprint density at radius 1 is 1.56 bits per heavy atom. The number of nitrogens with one attached hydrogen (secondary N) is 1. The molecule has 0 spiro atoms. The molecule has 1 aliphatic heterocycles. The van der Waals surface area contributed by atoms with E-state index in [1.165, 1.54) is 0 Å². The average molecular weight is 266 g/mol. The Morgan fingerprint density at radius 2 is 2.39 bits per heavy atom. The van der Waals surface area contributed by atoms with E-state index in [1.54, 1.807) is 18.9 Å². The van der Waals surface area contributed by atoms with Crippen LogP contribution in [0, 0.1) is 0 Å². The topological polar surface area (TPSA) is 64.3 Å². The number of hydrogen-bond donors (Lipinski definition) is 2. The Labute approximate surface area is 111 Å². The van der Waals surface area contributed by atoms with Gasteiger partial charge in [-0.1, -0.05) is 6.07 Å². The third kappa shape index (κ3) is 2.72. The van der Waals surface area contributed by atoms with E-state index >= 15 is 0 Å². The summed E-state index contributed by atoms with van der Waals surface area (Å²) in [5.74, 6) is 2.30. The summed E-state index contributed by atoms with van der Waals surface area (Å²) in [5, 5.41) is 3.29. The number of nitrogens with two attached hydrogens (primary N) is 1. The van der Waals surface area contributed by atoms with Crippen molar-refractivity contribution in [3.05, 3.63) is 24.3 Å². The molecule has 18 heavy (non-hydrogen) atoms. The van der Waals surface area contributed by atoms with Gasteiger partial charge in [-0.15, -0.1) is 0 Å². The SMILES string of the molecule is COc1cccc(NC2(C(N)=O)CCCSC2)c1. The number of benzene rings is 1.